The minimum Gasteiger partial charge on any atom is -0.330 e. The van der Waals surface area contributed by atoms with Crippen LogP contribution in [-0.4, -0.2) is 6.54 Å². The van der Waals surface area contributed by atoms with Gasteiger partial charge in [0.05, 0.1) is 0 Å². The predicted octanol–water partition coefficient (Wildman–Crippen LogP) is 3.48. The van der Waals surface area contributed by atoms with Crippen molar-refractivity contribution < 1.29 is 4.39 Å². The Hall–Kier alpha value is -1.67. The molecule has 1 atom stereocenters. The number of nitrogens with two attached hydrogens (primary N) is 1. The van der Waals surface area contributed by atoms with E-state index in [0.717, 1.165) is 12.0 Å². The van der Waals surface area contributed by atoms with Crippen molar-refractivity contribution in [3.05, 3.63) is 71.0 Å². The molecule has 0 spiro atoms. The second-order valence-electron chi connectivity index (χ2n) is 4.69. The van der Waals surface area contributed by atoms with Gasteiger partial charge in [0.2, 0.25) is 0 Å². The van der Waals surface area contributed by atoms with Gasteiger partial charge in [-0.15, -0.1) is 0 Å². The highest BCUT2D eigenvalue weighted by atomic mass is 19.1. The maximum atomic E-state index is 13.1. The van der Waals surface area contributed by atoms with Gasteiger partial charge < -0.3 is 5.73 Å². The fourth-order valence-electron chi connectivity index (χ4n) is 2.03. The molecule has 1 nitrogen and oxygen atoms in total. The zero-order chi connectivity index (χ0) is 13.0. The van der Waals surface area contributed by atoms with Crippen molar-refractivity contribution in [2.75, 3.05) is 6.54 Å². The summed E-state index contributed by atoms with van der Waals surface area (Å²) >= 11 is 0. The average molecular weight is 243 g/mol. The van der Waals surface area contributed by atoms with Crippen LogP contribution in [0.25, 0.3) is 0 Å². The van der Waals surface area contributed by atoms with E-state index < -0.39 is 0 Å². The molecular formula is C16H18FN. The highest BCUT2D eigenvalue weighted by Gasteiger charge is 2.04. The van der Waals surface area contributed by atoms with E-state index in [-0.39, 0.29) is 5.82 Å². The molecule has 2 heteroatoms. The molecule has 0 heterocycles. The minimum absolute atomic E-state index is 0.181. The number of halogens is 1. The van der Waals surface area contributed by atoms with E-state index >= 15 is 0 Å². The number of benzene rings is 2. The quantitative estimate of drug-likeness (QED) is 0.874. The normalized spacial score (nSPS) is 12.4. The lowest BCUT2D eigenvalue weighted by Crippen LogP contribution is -2.09. The first kappa shape index (κ1) is 12.8. The van der Waals surface area contributed by atoms with Gasteiger partial charge in [0.1, 0.15) is 5.82 Å². The Bertz CT molecular complexity index is 522. The van der Waals surface area contributed by atoms with E-state index in [2.05, 4.69) is 25.1 Å². The van der Waals surface area contributed by atoms with Gasteiger partial charge in [0.25, 0.3) is 0 Å². The summed E-state index contributed by atoms with van der Waals surface area (Å²) in [7, 11) is 0. The molecule has 0 aliphatic rings. The summed E-state index contributed by atoms with van der Waals surface area (Å²) in [5.74, 6) is 0.177. The fraction of sp³-hybridized carbons (Fsp3) is 0.250. The standard InChI is InChI=1S/C16H18FN/c1-12(11-18)15-6-2-4-13(9-15)8-14-5-3-7-16(17)10-14/h2-7,9-10,12H,8,11,18H2,1H3. The first-order valence-electron chi connectivity index (χ1n) is 6.22. The van der Waals surface area contributed by atoms with Crippen LogP contribution in [-0.2, 0) is 6.42 Å². The third-order valence-electron chi connectivity index (χ3n) is 3.17. The topological polar surface area (TPSA) is 26.0 Å². The zero-order valence-corrected chi connectivity index (χ0v) is 10.6. The van der Waals surface area contributed by atoms with E-state index in [9.17, 15) is 4.39 Å². The van der Waals surface area contributed by atoms with Crippen molar-refractivity contribution in [1.82, 2.24) is 0 Å². The SMILES string of the molecule is CC(CN)c1cccc(Cc2cccc(F)c2)c1. The first-order valence-corrected chi connectivity index (χ1v) is 6.22. The molecule has 2 N–H and O–H groups in total. The summed E-state index contributed by atoms with van der Waals surface area (Å²) < 4.78 is 13.1. The lowest BCUT2D eigenvalue weighted by Gasteiger charge is -2.10. The van der Waals surface area contributed by atoms with Gasteiger partial charge in [-0.05, 0) is 47.7 Å². The van der Waals surface area contributed by atoms with Crippen LogP contribution in [0.15, 0.2) is 48.5 Å². The summed E-state index contributed by atoms with van der Waals surface area (Å²) in [6.07, 6.45) is 0.753. The molecule has 0 saturated heterocycles. The molecule has 94 valence electrons. The largest absolute Gasteiger partial charge is 0.330 e. The molecule has 0 bridgehead atoms. The summed E-state index contributed by atoms with van der Waals surface area (Å²) in [5.41, 5.74) is 9.11. The van der Waals surface area contributed by atoms with Gasteiger partial charge in [0.15, 0.2) is 0 Å². The van der Waals surface area contributed by atoms with Crippen LogP contribution >= 0.6 is 0 Å². The molecule has 2 aromatic carbocycles. The van der Waals surface area contributed by atoms with E-state index in [1.165, 1.54) is 17.2 Å². The molecule has 0 aromatic heterocycles. The molecule has 1 unspecified atom stereocenters. The van der Waals surface area contributed by atoms with E-state index in [0.29, 0.717) is 12.5 Å². The second kappa shape index (κ2) is 5.78. The third kappa shape index (κ3) is 3.17. The highest BCUT2D eigenvalue weighted by Crippen LogP contribution is 2.18. The van der Waals surface area contributed by atoms with Crippen molar-refractivity contribution in [3.63, 3.8) is 0 Å². The van der Waals surface area contributed by atoms with Crippen molar-refractivity contribution >= 4 is 0 Å². The molecule has 18 heavy (non-hydrogen) atoms. The van der Waals surface area contributed by atoms with Crippen LogP contribution in [0.4, 0.5) is 4.39 Å². The highest BCUT2D eigenvalue weighted by molar-refractivity contribution is 5.31. The summed E-state index contributed by atoms with van der Waals surface area (Å²) in [5, 5.41) is 0. The first-order chi connectivity index (χ1) is 8.69. The molecule has 0 aliphatic heterocycles. The van der Waals surface area contributed by atoms with E-state index in [1.54, 1.807) is 12.1 Å². The Kier molecular flexibility index (Phi) is 4.11. The molecule has 2 rings (SSSR count). The van der Waals surface area contributed by atoms with Crippen LogP contribution in [0.1, 0.15) is 29.5 Å². The Morgan fingerprint density at radius 2 is 1.72 bits per heavy atom. The van der Waals surface area contributed by atoms with Gasteiger partial charge in [-0.1, -0.05) is 43.3 Å². The van der Waals surface area contributed by atoms with Gasteiger partial charge in [-0.25, -0.2) is 4.39 Å². The van der Waals surface area contributed by atoms with Gasteiger partial charge in [-0.2, -0.15) is 0 Å². The average Bonchev–Trinajstić information content (AvgIpc) is 2.38. The van der Waals surface area contributed by atoms with Gasteiger partial charge in [0, 0.05) is 0 Å². The Labute approximate surface area is 107 Å². The summed E-state index contributed by atoms with van der Waals surface area (Å²) in [4.78, 5) is 0. The van der Waals surface area contributed by atoms with Crippen molar-refractivity contribution in [2.24, 2.45) is 5.73 Å². The van der Waals surface area contributed by atoms with Crippen LogP contribution in [0, 0.1) is 5.82 Å². The molecule has 0 fully saturated rings. The predicted molar refractivity (Wildman–Crippen MR) is 73.1 cm³/mol. The number of hydrogen-bond donors (Lipinski definition) is 1. The zero-order valence-electron chi connectivity index (χ0n) is 10.6. The number of rotatable bonds is 4. The smallest absolute Gasteiger partial charge is 0.123 e. The Morgan fingerprint density at radius 1 is 1.06 bits per heavy atom. The van der Waals surface area contributed by atoms with Crippen LogP contribution in [0.2, 0.25) is 0 Å². The van der Waals surface area contributed by atoms with Crippen LogP contribution < -0.4 is 5.73 Å². The second-order valence-corrected chi connectivity index (χ2v) is 4.69. The minimum atomic E-state index is -0.181. The lowest BCUT2D eigenvalue weighted by molar-refractivity contribution is 0.626. The molecular weight excluding hydrogens is 225 g/mol. The maximum Gasteiger partial charge on any atom is 0.123 e. The van der Waals surface area contributed by atoms with E-state index in [4.69, 9.17) is 5.73 Å². The van der Waals surface area contributed by atoms with Crippen molar-refractivity contribution in [2.45, 2.75) is 19.3 Å². The maximum absolute atomic E-state index is 13.1. The molecule has 0 amide bonds. The van der Waals surface area contributed by atoms with Gasteiger partial charge in [-0.3, -0.25) is 0 Å². The molecule has 0 saturated carbocycles. The summed E-state index contributed by atoms with van der Waals surface area (Å²) in [6, 6.07) is 15.1. The lowest BCUT2D eigenvalue weighted by atomic mass is 9.96. The fourth-order valence-corrected chi connectivity index (χ4v) is 2.03. The summed E-state index contributed by atoms with van der Waals surface area (Å²) in [6.45, 7) is 2.75. The monoisotopic (exact) mass is 243 g/mol. The van der Waals surface area contributed by atoms with Crippen LogP contribution in [0.5, 0.6) is 0 Å². The van der Waals surface area contributed by atoms with Crippen molar-refractivity contribution in [1.29, 1.82) is 0 Å². The van der Waals surface area contributed by atoms with Crippen LogP contribution in [0.3, 0.4) is 0 Å². The number of hydrogen-bond acceptors (Lipinski definition) is 1. The van der Waals surface area contributed by atoms with Gasteiger partial charge >= 0.3 is 0 Å². The molecule has 0 aliphatic carbocycles. The molecule has 0 radical (unpaired) electrons. The Morgan fingerprint density at radius 3 is 2.39 bits per heavy atom. The van der Waals surface area contributed by atoms with E-state index in [1.807, 2.05) is 12.1 Å². The third-order valence-corrected chi connectivity index (χ3v) is 3.17. The van der Waals surface area contributed by atoms with Crippen molar-refractivity contribution in [3.8, 4) is 0 Å². The molecule has 2 aromatic rings. The Balaban J connectivity index is 2.19.